The lowest BCUT2D eigenvalue weighted by Gasteiger charge is -2.13. The number of furan rings is 1. The highest BCUT2D eigenvalue weighted by Crippen LogP contribution is 2.27. The van der Waals surface area contributed by atoms with Gasteiger partial charge in [0.2, 0.25) is 0 Å². The number of hydrogen-bond acceptors (Lipinski definition) is 4. The van der Waals surface area contributed by atoms with Gasteiger partial charge in [0.05, 0.1) is 6.26 Å². The Kier molecular flexibility index (Phi) is 3.65. The quantitative estimate of drug-likeness (QED) is 0.894. The Labute approximate surface area is 107 Å². The van der Waals surface area contributed by atoms with Crippen LogP contribution in [0.5, 0.6) is 0 Å². The van der Waals surface area contributed by atoms with Gasteiger partial charge in [0, 0.05) is 18.0 Å². The van der Waals surface area contributed by atoms with Crippen LogP contribution in [0.1, 0.15) is 38.1 Å². The Morgan fingerprint density at radius 1 is 1.33 bits per heavy atom. The van der Waals surface area contributed by atoms with Crippen LogP contribution >= 0.6 is 0 Å². The third-order valence-electron chi connectivity index (χ3n) is 2.78. The van der Waals surface area contributed by atoms with Crippen molar-refractivity contribution in [1.29, 1.82) is 0 Å². The molecule has 18 heavy (non-hydrogen) atoms. The number of hydrogen-bond donors (Lipinski definition) is 1. The molecule has 0 unspecified atom stereocenters. The van der Waals surface area contributed by atoms with Gasteiger partial charge in [0.25, 0.3) is 0 Å². The van der Waals surface area contributed by atoms with E-state index in [0.29, 0.717) is 0 Å². The first kappa shape index (κ1) is 12.6. The highest BCUT2D eigenvalue weighted by atomic mass is 16.3. The molecule has 2 rings (SSSR count). The Morgan fingerprint density at radius 2 is 2.11 bits per heavy atom. The fourth-order valence-corrected chi connectivity index (χ4v) is 1.78. The Bertz CT molecular complexity index is 518. The van der Waals surface area contributed by atoms with Crippen LogP contribution in [0.4, 0.5) is 5.82 Å². The summed E-state index contributed by atoms with van der Waals surface area (Å²) in [5.41, 5.74) is 1.89. The van der Waals surface area contributed by atoms with Crippen LogP contribution in [-0.4, -0.2) is 16.5 Å². The smallest absolute Gasteiger partial charge is 0.152 e. The maximum Gasteiger partial charge on any atom is 0.152 e. The second-order valence-electron chi connectivity index (χ2n) is 4.57. The predicted octanol–water partition coefficient (Wildman–Crippen LogP) is 3.60. The van der Waals surface area contributed by atoms with Crippen LogP contribution in [0.25, 0.3) is 11.5 Å². The molecule has 0 saturated heterocycles. The zero-order chi connectivity index (χ0) is 13.1. The van der Waals surface area contributed by atoms with Gasteiger partial charge in [0.1, 0.15) is 17.3 Å². The van der Waals surface area contributed by atoms with Crippen LogP contribution in [0, 0.1) is 6.92 Å². The summed E-state index contributed by atoms with van der Waals surface area (Å²) in [4.78, 5) is 9.18. The summed E-state index contributed by atoms with van der Waals surface area (Å²) in [5, 5.41) is 3.28. The van der Waals surface area contributed by atoms with E-state index in [-0.39, 0.29) is 5.92 Å². The molecule has 0 aliphatic rings. The van der Waals surface area contributed by atoms with Crippen molar-refractivity contribution in [2.75, 3.05) is 11.9 Å². The van der Waals surface area contributed by atoms with E-state index in [1.165, 1.54) is 0 Å². The summed E-state index contributed by atoms with van der Waals surface area (Å²) in [7, 11) is 0. The molecule has 2 aromatic rings. The van der Waals surface area contributed by atoms with E-state index in [0.717, 1.165) is 35.2 Å². The van der Waals surface area contributed by atoms with Crippen molar-refractivity contribution in [2.45, 2.75) is 33.6 Å². The molecule has 0 spiro atoms. The van der Waals surface area contributed by atoms with Crippen molar-refractivity contribution >= 4 is 5.82 Å². The second kappa shape index (κ2) is 5.21. The molecule has 1 N–H and O–H groups in total. The Hall–Kier alpha value is -1.84. The molecule has 0 radical (unpaired) electrons. The van der Waals surface area contributed by atoms with E-state index in [2.05, 4.69) is 36.1 Å². The Balaban J connectivity index is 2.57. The molecule has 0 atom stereocenters. The molecule has 4 heteroatoms. The van der Waals surface area contributed by atoms with Gasteiger partial charge in [-0.3, -0.25) is 0 Å². The van der Waals surface area contributed by atoms with Gasteiger partial charge in [-0.1, -0.05) is 13.8 Å². The van der Waals surface area contributed by atoms with Gasteiger partial charge in [-0.25, -0.2) is 9.97 Å². The molecule has 0 aromatic carbocycles. The first-order valence-corrected chi connectivity index (χ1v) is 6.29. The molecule has 2 aromatic heterocycles. The SMILES string of the molecule is CCNc1nc(C(C)C)nc(-c2ccco2)c1C. The number of nitrogens with one attached hydrogen (secondary N) is 1. The third-order valence-corrected chi connectivity index (χ3v) is 2.78. The van der Waals surface area contributed by atoms with E-state index in [1.807, 2.05) is 19.1 Å². The van der Waals surface area contributed by atoms with Crippen molar-refractivity contribution in [3.8, 4) is 11.5 Å². The largest absolute Gasteiger partial charge is 0.463 e. The number of aromatic nitrogens is 2. The van der Waals surface area contributed by atoms with Gasteiger partial charge in [0.15, 0.2) is 5.76 Å². The van der Waals surface area contributed by atoms with Crippen LogP contribution < -0.4 is 5.32 Å². The number of nitrogens with zero attached hydrogens (tertiary/aromatic N) is 2. The molecule has 2 heterocycles. The van der Waals surface area contributed by atoms with E-state index >= 15 is 0 Å². The van der Waals surface area contributed by atoms with Gasteiger partial charge in [-0.2, -0.15) is 0 Å². The topological polar surface area (TPSA) is 51.0 Å². The maximum absolute atomic E-state index is 5.45. The summed E-state index contributed by atoms with van der Waals surface area (Å²) in [5.74, 6) is 2.80. The first-order valence-electron chi connectivity index (χ1n) is 6.29. The maximum atomic E-state index is 5.45. The van der Waals surface area contributed by atoms with E-state index < -0.39 is 0 Å². The molecule has 96 valence electrons. The zero-order valence-corrected chi connectivity index (χ0v) is 11.3. The van der Waals surface area contributed by atoms with E-state index in [4.69, 9.17) is 4.42 Å². The summed E-state index contributed by atoms with van der Waals surface area (Å²) in [6.45, 7) is 9.09. The molecule has 0 aliphatic heterocycles. The van der Waals surface area contributed by atoms with Crippen LogP contribution in [-0.2, 0) is 0 Å². The van der Waals surface area contributed by atoms with Gasteiger partial charge >= 0.3 is 0 Å². The van der Waals surface area contributed by atoms with Crippen molar-refractivity contribution in [1.82, 2.24) is 9.97 Å². The fraction of sp³-hybridized carbons (Fsp3) is 0.429. The average molecular weight is 245 g/mol. The third kappa shape index (κ3) is 2.37. The van der Waals surface area contributed by atoms with E-state index in [9.17, 15) is 0 Å². The lowest BCUT2D eigenvalue weighted by atomic mass is 10.1. The Morgan fingerprint density at radius 3 is 2.67 bits per heavy atom. The van der Waals surface area contributed by atoms with Gasteiger partial charge < -0.3 is 9.73 Å². The van der Waals surface area contributed by atoms with Gasteiger partial charge in [-0.15, -0.1) is 0 Å². The monoisotopic (exact) mass is 245 g/mol. The lowest BCUT2D eigenvalue weighted by molar-refractivity contribution is 0.578. The van der Waals surface area contributed by atoms with Crippen molar-refractivity contribution in [3.05, 3.63) is 29.8 Å². The minimum absolute atomic E-state index is 0.289. The predicted molar refractivity (Wildman–Crippen MR) is 72.7 cm³/mol. The molecule has 0 fully saturated rings. The van der Waals surface area contributed by atoms with Gasteiger partial charge in [-0.05, 0) is 26.0 Å². The molecule has 0 amide bonds. The molecular formula is C14H19N3O. The lowest BCUT2D eigenvalue weighted by Crippen LogP contribution is -2.08. The normalized spacial score (nSPS) is 10.9. The first-order chi connectivity index (χ1) is 8.63. The summed E-state index contributed by atoms with van der Waals surface area (Å²) < 4.78 is 5.45. The van der Waals surface area contributed by atoms with Crippen molar-refractivity contribution < 1.29 is 4.42 Å². The average Bonchev–Trinajstić information content (AvgIpc) is 2.85. The van der Waals surface area contributed by atoms with Crippen LogP contribution in [0.2, 0.25) is 0 Å². The molecule has 4 nitrogen and oxygen atoms in total. The number of anilines is 1. The molecule has 0 saturated carbocycles. The number of rotatable bonds is 4. The minimum Gasteiger partial charge on any atom is -0.463 e. The van der Waals surface area contributed by atoms with Crippen LogP contribution in [0.3, 0.4) is 0 Å². The fourth-order valence-electron chi connectivity index (χ4n) is 1.78. The second-order valence-corrected chi connectivity index (χ2v) is 4.57. The zero-order valence-electron chi connectivity index (χ0n) is 11.3. The summed E-state index contributed by atoms with van der Waals surface area (Å²) in [6, 6.07) is 3.80. The molecule has 0 bridgehead atoms. The van der Waals surface area contributed by atoms with Crippen molar-refractivity contribution in [2.24, 2.45) is 0 Å². The standard InChI is InChI=1S/C14H19N3O/c1-5-15-14-10(4)12(11-7-6-8-18-11)16-13(17-14)9(2)3/h6-9H,5H2,1-4H3,(H,15,16,17). The molecular weight excluding hydrogens is 226 g/mol. The van der Waals surface area contributed by atoms with E-state index in [1.54, 1.807) is 6.26 Å². The molecule has 0 aliphatic carbocycles. The minimum atomic E-state index is 0.289. The highest BCUT2D eigenvalue weighted by molar-refractivity contribution is 5.64. The summed E-state index contributed by atoms with van der Waals surface area (Å²) >= 11 is 0. The van der Waals surface area contributed by atoms with Crippen LogP contribution in [0.15, 0.2) is 22.8 Å². The summed E-state index contributed by atoms with van der Waals surface area (Å²) in [6.07, 6.45) is 1.67. The van der Waals surface area contributed by atoms with Crippen molar-refractivity contribution in [3.63, 3.8) is 0 Å². The highest BCUT2D eigenvalue weighted by Gasteiger charge is 2.15.